The number of fused-ring (bicyclic) bond motifs is 2. The van der Waals surface area contributed by atoms with Gasteiger partial charge < -0.3 is 20.6 Å². The number of amides is 4. The SMILES string of the molecule is O=C(CCCC(C(=O)O)N1C(=O)c2ccccc2C1=O)N[C@@H]1C(=O)N2C(C(=O)O)=C(CO)CS[C@@H]12. The number of imide groups is 1. The molecule has 4 amide bonds. The second-order valence-corrected chi connectivity index (χ2v) is 9.25. The molecule has 3 aliphatic heterocycles. The molecule has 0 aliphatic carbocycles. The van der Waals surface area contributed by atoms with Crippen LogP contribution in [-0.4, -0.2) is 90.5 Å². The molecule has 4 N–H and O–H groups in total. The van der Waals surface area contributed by atoms with Gasteiger partial charge in [-0.05, 0) is 30.5 Å². The Morgan fingerprint density at radius 1 is 1.09 bits per heavy atom. The molecule has 184 valence electrons. The van der Waals surface area contributed by atoms with Crippen LogP contribution < -0.4 is 5.32 Å². The second kappa shape index (κ2) is 9.50. The van der Waals surface area contributed by atoms with Crippen molar-refractivity contribution in [3.8, 4) is 0 Å². The third-order valence-electron chi connectivity index (χ3n) is 6.06. The van der Waals surface area contributed by atoms with E-state index in [-0.39, 0.29) is 47.4 Å². The van der Waals surface area contributed by atoms with Crippen molar-refractivity contribution in [3.63, 3.8) is 0 Å². The van der Waals surface area contributed by atoms with Gasteiger partial charge in [0.25, 0.3) is 17.7 Å². The lowest BCUT2D eigenvalue weighted by Crippen LogP contribution is -2.70. The number of β-lactam (4-membered cyclic amide) rings is 1. The van der Waals surface area contributed by atoms with Gasteiger partial charge in [0, 0.05) is 12.2 Å². The van der Waals surface area contributed by atoms with Gasteiger partial charge in [0.2, 0.25) is 5.91 Å². The van der Waals surface area contributed by atoms with Crippen molar-refractivity contribution < 1.29 is 44.1 Å². The van der Waals surface area contributed by atoms with Gasteiger partial charge in [-0.15, -0.1) is 11.8 Å². The Morgan fingerprint density at radius 3 is 2.26 bits per heavy atom. The quantitative estimate of drug-likeness (QED) is 0.256. The fraction of sp³-hybridized carbons (Fsp3) is 0.364. The summed E-state index contributed by atoms with van der Waals surface area (Å²) in [4.78, 5) is 75.1. The number of nitrogens with one attached hydrogen (secondary N) is 1. The molecule has 1 aromatic carbocycles. The van der Waals surface area contributed by atoms with Crippen LogP contribution in [0, 0.1) is 0 Å². The number of carboxylic acids is 2. The molecular weight excluding hydrogens is 482 g/mol. The standard InChI is InChI=1S/C22H21N3O9S/c26-8-10-9-35-20-15(19(30)25(20)16(10)22(33)34)23-14(27)7-3-6-13(21(31)32)24-17(28)11-4-1-2-5-12(11)18(24)29/h1-2,4-5,13,15,20,26H,3,6-9H2,(H,23,27)(H,31,32)(H,33,34)/t13?,15-,20+/m1/s1. The molecule has 35 heavy (non-hydrogen) atoms. The maximum atomic E-state index is 12.6. The lowest BCUT2D eigenvalue weighted by molar-refractivity contribution is -0.150. The van der Waals surface area contributed by atoms with E-state index >= 15 is 0 Å². The number of nitrogens with zero attached hydrogens (tertiary/aromatic N) is 2. The lowest BCUT2D eigenvalue weighted by Gasteiger charge is -2.49. The van der Waals surface area contributed by atoms with E-state index in [0.29, 0.717) is 4.90 Å². The Hall–Kier alpha value is -3.71. The Morgan fingerprint density at radius 2 is 1.71 bits per heavy atom. The van der Waals surface area contributed by atoms with Gasteiger partial charge in [-0.2, -0.15) is 0 Å². The molecule has 12 nitrogen and oxygen atoms in total. The van der Waals surface area contributed by atoms with E-state index < -0.39 is 59.6 Å². The van der Waals surface area contributed by atoms with E-state index in [1.165, 1.54) is 23.9 Å². The van der Waals surface area contributed by atoms with Crippen molar-refractivity contribution in [2.75, 3.05) is 12.4 Å². The van der Waals surface area contributed by atoms with Gasteiger partial charge in [0.15, 0.2) is 0 Å². The topological polar surface area (TPSA) is 182 Å². The van der Waals surface area contributed by atoms with Crippen LogP contribution in [0.3, 0.4) is 0 Å². The van der Waals surface area contributed by atoms with E-state index in [9.17, 15) is 44.1 Å². The summed E-state index contributed by atoms with van der Waals surface area (Å²) in [5.74, 6) is -5.11. The molecule has 4 rings (SSSR count). The van der Waals surface area contributed by atoms with Crippen LogP contribution >= 0.6 is 11.8 Å². The minimum absolute atomic E-state index is 0.0214. The molecule has 0 bridgehead atoms. The summed E-state index contributed by atoms with van der Waals surface area (Å²) in [5, 5.41) is 30.3. The molecule has 1 unspecified atom stereocenters. The number of aliphatic hydroxyl groups is 1. The monoisotopic (exact) mass is 503 g/mol. The molecule has 0 spiro atoms. The third-order valence-corrected chi connectivity index (χ3v) is 7.40. The summed E-state index contributed by atoms with van der Waals surface area (Å²) in [5.41, 5.74) is 0.180. The van der Waals surface area contributed by atoms with E-state index in [0.717, 1.165) is 4.90 Å². The molecule has 0 aromatic heterocycles. The number of carbonyl (C=O) groups excluding carboxylic acids is 4. The van der Waals surface area contributed by atoms with Crippen LogP contribution in [0.1, 0.15) is 40.0 Å². The molecule has 1 saturated heterocycles. The number of thioether (sulfide) groups is 1. The molecule has 0 saturated carbocycles. The van der Waals surface area contributed by atoms with Gasteiger partial charge in [-0.3, -0.25) is 29.0 Å². The number of hydrogen-bond donors (Lipinski definition) is 4. The zero-order valence-electron chi connectivity index (χ0n) is 18.2. The van der Waals surface area contributed by atoms with Crippen molar-refractivity contribution >= 4 is 47.3 Å². The smallest absolute Gasteiger partial charge is 0.352 e. The number of carboxylic acid groups (broad SMARTS) is 2. The molecular formula is C22H21N3O9S. The molecule has 3 heterocycles. The average Bonchev–Trinajstić information content (AvgIpc) is 3.08. The normalized spacial score (nSPS) is 21.9. The first-order valence-electron chi connectivity index (χ1n) is 10.7. The van der Waals surface area contributed by atoms with Gasteiger partial charge in [0.1, 0.15) is 23.2 Å². The molecule has 3 aliphatic rings. The number of aliphatic carboxylic acids is 2. The Kier molecular flexibility index (Phi) is 6.63. The molecule has 1 aromatic rings. The summed E-state index contributed by atoms with van der Waals surface area (Å²) < 4.78 is 0. The summed E-state index contributed by atoms with van der Waals surface area (Å²) in [6.07, 6.45) is -0.311. The van der Waals surface area contributed by atoms with Crippen LogP contribution in [0.2, 0.25) is 0 Å². The van der Waals surface area contributed by atoms with E-state index in [4.69, 9.17) is 0 Å². The predicted molar refractivity (Wildman–Crippen MR) is 119 cm³/mol. The fourth-order valence-corrected chi connectivity index (χ4v) is 5.70. The maximum Gasteiger partial charge on any atom is 0.352 e. The van der Waals surface area contributed by atoms with Crippen LogP contribution in [0.4, 0.5) is 0 Å². The molecule has 13 heteroatoms. The third kappa shape index (κ3) is 4.17. The average molecular weight is 503 g/mol. The fourth-order valence-electron chi connectivity index (χ4n) is 4.36. The minimum Gasteiger partial charge on any atom is -0.480 e. The lowest BCUT2D eigenvalue weighted by atomic mass is 10.0. The van der Waals surface area contributed by atoms with Crippen LogP contribution in [0.5, 0.6) is 0 Å². The minimum atomic E-state index is -1.45. The van der Waals surface area contributed by atoms with Crippen molar-refractivity contribution in [1.82, 2.24) is 15.1 Å². The van der Waals surface area contributed by atoms with Crippen LogP contribution in [-0.2, 0) is 19.2 Å². The predicted octanol–water partition coefficient (Wildman–Crippen LogP) is -0.363. The van der Waals surface area contributed by atoms with E-state index in [1.807, 2.05) is 0 Å². The van der Waals surface area contributed by atoms with Crippen molar-refractivity contribution in [1.29, 1.82) is 0 Å². The first-order valence-corrected chi connectivity index (χ1v) is 11.7. The highest BCUT2D eigenvalue weighted by Crippen LogP contribution is 2.40. The number of aliphatic hydroxyl groups excluding tert-OH is 1. The largest absolute Gasteiger partial charge is 0.480 e. The van der Waals surface area contributed by atoms with Gasteiger partial charge >= 0.3 is 11.9 Å². The Labute approximate surface area is 202 Å². The zero-order valence-corrected chi connectivity index (χ0v) is 19.0. The first kappa shape index (κ1) is 24.4. The molecule has 3 atom stereocenters. The Balaban J connectivity index is 1.34. The highest BCUT2D eigenvalue weighted by molar-refractivity contribution is 8.00. The first-order chi connectivity index (χ1) is 16.7. The van der Waals surface area contributed by atoms with Crippen molar-refractivity contribution in [2.45, 2.75) is 36.7 Å². The number of benzene rings is 1. The van der Waals surface area contributed by atoms with Crippen molar-refractivity contribution in [2.24, 2.45) is 0 Å². The molecule has 1 fully saturated rings. The molecule has 0 radical (unpaired) electrons. The summed E-state index contributed by atoms with van der Waals surface area (Å²) in [7, 11) is 0. The number of rotatable bonds is 9. The Bertz CT molecular complexity index is 1150. The highest BCUT2D eigenvalue weighted by Gasteiger charge is 2.54. The van der Waals surface area contributed by atoms with Gasteiger partial charge in [-0.25, -0.2) is 9.59 Å². The van der Waals surface area contributed by atoms with Gasteiger partial charge in [-0.1, -0.05) is 12.1 Å². The highest BCUT2D eigenvalue weighted by atomic mass is 32.2. The van der Waals surface area contributed by atoms with Crippen molar-refractivity contribution in [3.05, 3.63) is 46.7 Å². The van der Waals surface area contributed by atoms with E-state index in [1.54, 1.807) is 12.1 Å². The van der Waals surface area contributed by atoms with E-state index in [2.05, 4.69) is 5.32 Å². The number of hydrogen-bond acceptors (Lipinski definition) is 8. The summed E-state index contributed by atoms with van der Waals surface area (Å²) >= 11 is 1.21. The zero-order chi connectivity index (χ0) is 25.4. The second-order valence-electron chi connectivity index (χ2n) is 8.14. The summed E-state index contributed by atoms with van der Waals surface area (Å²) in [6, 6.07) is 3.62. The maximum absolute atomic E-state index is 12.6. The number of carbonyl (C=O) groups is 6. The van der Waals surface area contributed by atoms with Gasteiger partial charge in [0.05, 0.1) is 17.7 Å². The van der Waals surface area contributed by atoms with Crippen LogP contribution in [0.15, 0.2) is 35.5 Å². The van der Waals surface area contributed by atoms with Crippen LogP contribution in [0.25, 0.3) is 0 Å². The summed E-state index contributed by atoms with van der Waals surface area (Å²) in [6.45, 7) is -0.500.